The van der Waals surface area contributed by atoms with E-state index in [4.69, 9.17) is 11.5 Å². The lowest BCUT2D eigenvalue weighted by molar-refractivity contribution is 0.623. The molecule has 2 heteroatoms. The van der Waals surface area contributed by atoms with E-state index in [2.05, 4.69) is 0 Å². The minimum atomic E-state index is -0.0104. The number of hydrogen-bond acceptors (Lipinski definition) is 2. The molecule has 0 aromatic rings. The van der Waals surface area contributed by atoms with Crippen molar-refractivity contribution in [2.24, 2.45) is 16.9 Å². The van der Waals surface area contributed by atoms with E-state index in [1.54, 1.807) is 0 Å². The fourth-order valence-electron chi connectivity index (χ4n) is 0.552. The number of rotatable bonds is 2. The summed E-state index contributed by atoms with van der Waals surface area (Å²) >= 11 is 0. The first kappa shape index (κ1) is 8.08. The highest BCUT2D eigenvalue weighted by Crippen LogP contribution is 2.16. The summed E-state index contributed by atoms with van der Waals surface area (Å²) in [6, 6.07) is 0. The summed E-state index contributed by atoms with van der Waals surface area (Å²) in [5.41, 5.74) is 10.4. The zero-order valence-corrected chi connectivity index (χ0v) is 5.96. The van der Waals surface area contributed by atoms with E-state index in [-0.39, 0.29) is 5.41 Å². The third-order valence-corrected chi connectivity index (χ3v) is 1.05. The molecule has 0 aliphatic heterocycles. The predicted octanol–water partition coefficient (Wildman–Crippen LogP) is 0.957. The van der Waals surface area contributed by atoms with Crippen LogP contribution in [-0.2, 0) is 0 Å². The fraction of sp³-hybridized carbons (Fsp3) is 0.429. The van der Waals surface area contributed by atoms with Gasteiger partial charge in [-0.3, -0.25) is 0 Å². The van der Waals surface area contributed by atoms with Gasteiger partial charge in [-0.05, 0) is 12.4 Å². The molecule has 0 heterocycles. The molecule has 2 nitrogen and oxygen atoms in total. The van der Waals surface area contributed by atoms with Gasteiger partial charge in [0.1, 0.15) is 0 Å². The minimum Gasteiger partial charge on any atom is -0.405 e. The Hall–Kier alpha value is -0.920. The summed E-state index contributed by atoms with van der Waals surface area (Å²) in [5.74, 6) is 0. The predicted molar refractivity (Wildman–Crippen MR) is 40.4 cm³/mol. The summed E-state index contributed by atoms with van der Waals surface area (Å²) in [6.45, 7) is 4.06. The summed E-state index contributed by atoms with van der Waals surface area (Å²) in [5, 5.41) is 0. The van der Waals surface area contributed by atoms with Gasteiger partial charge in [0.25, 0.3) is 0 Å². The van der Waals surface area contributed by atoms with Crippen molar-refractivity contribution in [1.29, 1.82) is 0 Å². The molecule has 0 rings (SSSR count). The maximum atomic E-state index is 5.19. The van der Waals surface area contributed by atoms with Crippen molar-refractivity contribution < 1.29 is 0 Å². The van der Waals surface area contributed by atoms with Gasteiger partial charge in [-0.25, -0.2) is 0 Å². The Labute approximate surface area is 56.2 Å². The van der Waals surface area contributed by atoms with Gasteiger partial charge in [-0.1, -0.05) is 26.0 Å². The third kappa shape index (κ3) is 3.64. The van der Waals surface area contributed by atoms with Crippen molar-refractivity contribution in [1.82, 2.24) is 0 Å². The van der Waals surface area contributed by atoms with Crippen LogP contribution >= 0.6 is 0 Å². The number of allylic oxidation sites excluding steroid dienone is 2. The second-order valence-electron chi connectivity index (χ2n) is 2.54. The van der Waals surface area contributed by atoms with Crippen molar-refractivity contribution in [3.63, 3.8) is 0 Å². The molecule has 0 radical (unpaired) electrons. The van der Waals surface area contributed by atoms with Crippen LogP contribution in [0.2, 0.25) is 0 Å². The maximum absolute atomic E-state index is 5.19. The average Bonchev–Trinajstić information content (AvgIpc) is 1.64. The van der Waals surface area contributed by atoms with Crippen LogP contribution in [0.3, 0.4) is 0 Å². The lowest BCUT2D eigenvalue weighted by Gasteiger charge is -2.12. The molecule has 0 spiro atoms. The van der Waals surface area contributed by atoms with Crippen molar-refractivity contribution >= 4 is 0 Å². The zero-order chi connectivity index (χ0) is 7.33. The van der Waals surface area contributed by atoms with Gasteiger partial charge in [0.05, 0.1) is 0 Å². The van der Waals surface area contributed by atoms with E-state index in [0.29, 0.717) is 0 Å². The van der Waals surface area contributed by atoms with Gasteiger partial charge < -0.3 is 11.5 Å². The van der Waals surface area contributed by atoms with Crippen LogP contribution in [0.25, 0.3) is 0 Å². The molecule has 0 atom stereocenters. The zero-order valence-electron chi connectivity index (χ0n) is 5.96. The van der Waals surface area contributed by atoms with Crippen LogP contribution in [0, 0.1) is 5.41 Å². The van der Waals surface area contributed by atoms with Gasteiger partial charge in [0, 0.05) is 5.41 Å². The molecule has 0 saturated heterocycles. The Morgan fingerprint density at radius 1 is 1.00 bits per heavy atom. The van der Waals surface area contributed by atoms with E-state index < -0.39 is 0 Å². The van der Waals surface area contributed by atoms with Crippen LogP contribution in [0.5, 0.6) is 0 Å². The van der Waals surface area contributed by atoms with Crippen LogP contribution in [0.1, 0.15) is 13.8 Å². The van der Waals surface area contributed by atoms with E-state index in [1.807, 2.05) is 26.0 Å². The standard InChI is InChI=1S/C7H14N2/c1-7(2,3-5-8)4-6-9/h3-6H,8-9H2,1-2H3/b5-3-,6-4-. The Bertz CT molecular complexity index is 109. The van der Waals surface area contributed by atoms with Gasteiger partial charge in [-0.2, -0.15) is 0 Å². The van der Waals surface area contributed by atoms with Gasteiger partial charge in [0.15, 0.2) is 0 Å². The first-order valence-corrected chi connectivity index (χ1v) is 2.91. The Kier molecular flexibility index (Phi) is 2.85. The molecule has 4 N–H and O–H groups in total. The first-order chi connectivity index (χ1) is 4.12. The summed E-state index contributed by atoms with van der Waals surface area (Å²) in [4.78, 5) is 0. The molecule has 0 aliphatic carbocycles. The van der Waals surface area contributed by atoms with Crippen molar-refractivity contribution in [3.05, 3.63) is 24.6 Å². The highest BCUT2D eigenvalue weighted by molar-refractivity contribution is 5.04. The molecule has 0 amide bonds. The minimum absolute atomic E-state index is 0.0104. The average molecular weight is 126 g/mol. The van der Waals surface area contributed by atoms with E-state index in [0.717, 1.165) is 0 Å². The topological polar surface area (TPSA) is 52.0 Å². The molecule has 0 unspecified atom stereocenters. The van der Waals surface area contributed by atoms with Crippen LogP contribution in [0.4, 0.5) is 0 Å². The second kappa shape index (κ2) is 3.17. The highest BCUT2D eigenvalue weighted by atomic mass is 14.5. The monoisotopic (exact) mass is 126 g/mol. The number of hydrogen-bond donors (Lipinski definition) is 2. The highest BCUT2D eigenvalue weighted by Gasteiger charge is 2.06. The normalized spacial score (nSPS) is 13.6. The lowest BCUT2D eigenvalue weighted by atomic mass is 9.94. The smallest absolute Gasteiger partial charge is 0.00387 e. The van der Waals surface area contributed by atoms with Crippen molar-refractivity contribution in [2.45, 2.75) is 13.8 Å². The molecule has 0 fully saturated rings. The van der Waals surface area contributed by atoms with E-state index in [9.17, 15) is 0 Å². The summed E-state index contributed by atoms with van der Waals surface area (Å²) < 4.78 is 0. The molecule has 0 saturated carbocycles. The van der Waals surface area contributed by atoms with Crippen LogP contribution < -0.4 is 11.5 Å². The quantitative estimate of drug-likeness (QED) is 0.579. The van der Waals surface area contributed by atoms with E-state index >= 15 is 0 Å². The molecule has 52 valence electrons. The molecule has 0 bridgehead atoms. The van der Waals surface area contributed by atoms with Gasteiger partial charge >= 0.3 is 0 Å². The Balaban J connectivity index is 4.01. The fourth-order valence-corrected chi connectivity index (χ4v) is 0.552. The third-order valence-electron chi connectivity index (χ3n) is 1.05. The Morgan fingerprint density at radius 2 is 1.33 bits per heavy atom. The summed E-state index contributed by atoms with van der Waals surface area (Å²) in [7, 11) is 0. The largest absolute Gasteiger partial charge is 0.405 e. The lowest BCUT2D eigenvalue weighted by Crippen LogP contribution is -2.04. The molecule has 0 aromatic carbocycles. The SMILES string of the molecule is CC(C)(/C=C\N)/C=C\N. The molecule has 0 aliphatic rings. The number of nitrogens with two attached hydrogens (primary N) is 2. The molecule has 9 heavy (non-hydrogen) atoms. The summed E-state index contributed by atoms with van der Waals surface area (Å²) in [6.07, 6.45) is 6.83. The molecular formula is C7H14N2. The van der Waals surface area contributed by atoms with Crippen molar-refractivity contribution in [3.8, 4) is 0 Å². The molecular weight excluding hydrogens is 112 g/mol. The van der Waals surface area contributed by atoms with Crippen LogP contribution in [0.15, 0.2) is 24.6 Å². The molecule has 0 aromatic heterocycles. The van der Waals surface area contributed by atoms with Crippen LogP contribution in [-0.4, -0.2) is 0 Å². The maximum Gasteiger partial charge on any atom is 0.00387 e. The van der Waals surface area contributed by atoms with Gasteiger partial charge in [0.2, 0.25) is 0 Å². The van der Waals surface area contributed by atoms with Crippen molar-refractivity contribution in [2.75, 3.05) is 0 Å². The van der Waals surface area contributed by atoms with Gasteiger partial charge in [-0.15, -0.1) is 0 Å². The first-order valence-electron chi connectivity index (χ1n) is 2.91. The van der Waals surface area contributed by atoms with E-state index in [1.165, 1.54) is 12.4 Å². The second-order valence-corrected chi connectivity index (χ2v) is 2.54. The Morgan fingerprint density at radius 3 is 1.56 bits per heavy atom.